The van der Waals surface area contributed by atoms with Gasteiger partial charge in [0.25, 0.3) is 5.56 Å². The highest BCUT2D eigenvalue weighted by molar-refractivity contribution is 5.93. The number of pyridine rings is 1. The minimum atomic E-state index is -0.00542. The summed E-state index contributed by atoms with van der Waals surface area (Å²) in [5.74, 6) is 2.01. The second kappa shape index (κ2) is 10.9. The fourth-order valence-corrected chi connectivity index (χ4v) is 3.07. The van der Waals surface area contributed by atoms with Crippen molar-refractivity contribution in [3.8, 4) is 11.5 Å². The Morgan fingerprint density at radius 3 is 2.48 bits per heavy atom. The second-order valence-electron chi connectivity index (χ2n) is 6.83. The third kappa shape index (κ3) is 6.12. The molecule has 0 aliphatic carbocycles. The summed E-state index contributed by atoms with van der Waals surface area (Å²) in [7, 11) is 3.35. The zero-order chi connectivity index (χ0) is 22.1. The van der Waals surface area contributed by atoms with Crippen LogP contribution in [-0.4, -0.2) is 31.3 Å². The summed E-state index contributed by atoms with van der Waals surface area (Å²) in [5, 5.41) is 6.57. The summed E-state index contributed by atoms with van der Waals surface area (Å²) in [6, 6.07) is 19.0. The van der Waals surface area contributed by atoms with E-state index in [1.54, 1.807) is 37.1 Å². The molecule has 2 N–H and O–H groups in total. The molecule has 0 atom stereocenters. The molecule has 0 amide bonds. The van der Waals surface area contributed by atoms with Crippen LogP contribution in [0.5, 0.6) is 11.5 Å². The summed E-state index contributed by atoms with van der Waals surface area (Å²) >= 11 is 0. The monoisotopic (exact) mass is 420 g/mol. The van der Waals surface area contributed by atoms with E-state index in [-0.39, 0.29) is 5.56 Å². The number of nitrogens with zero attached hydrogens (tertiary/aromatic N) is 2. The van der Waals surface area contributed by atoms with Crippen molar-refractivity contribution < 1.29 is 9.47 Å². The topological polar surface area (TPSA) is 76.9 Å². The van der Waals surface area contributed by atoms with Gasteiger partial charge in [0.15, 0.2) is 17.5 Å². The predicted molar refractivity (Wildman–Crippen MR) is 124 cm³/mol. The van der Waals surface area contributed by atoms with Crippen LogP contribution in [0.3, 0.4) is 0 Å². The molecule has 0 fully saturated rings. The lowest BCUT2D eigenvalue weighted by Gasteiger charge is -2.15. The third-order valence-electron chi connectivity index (χ3n) is 4.68. The molecule has 0 spiro atoms. The zero-order valence-corrected chi connectivity index (χ0v) is 18.1. The number of methoxy groups -OCH3 is 1. The van der Waals surface area contributed by atoms with Crippen molar-refractivity contribution in [3.63, 3.8) is 0 Å². The van der Waals surface area contributed by atoms with Crippen molar-refractivity contribution in [2.24, 2.45) is 4.99 Å². The number of benzene rings is 2. The Kier molecular flexibility index (Phi) is 7.70. The molecule has 7 heteroatoms. The Hall–Kier alpha value is -3.74. The molecule has 3 aromatic rings. The average Bonchev–Trinajstić information content (AvgIpc) is 2.79. The van der Waals surface area contributed by atoms with Crippen LogP contribution < -0.4 is 25.7 Å². The fourth-order valence-electron chi connectivity index (χ4n) is 3.07. The van der Waals surface area contributed by atoms with Crippen molar-refractivity contribution in [1.29, 1.82) is 0 Å². The Morgan fingerprint density at radius 1 is 1.03 bits per heavy atom. The third-order valence-corrected chi connectivity index (χ3v) is 4.68. The lowest BCUT2D eigenvalue weighted by molar-refractivity contribution is 0.311. The van der Waals surface area contributed by atoms with Crippen LogP contribution in [0.4, 0.5) is 5.69 Å². The lowest BCUT2D eigenvalue weighted by Crippen LogP contribution is -2.30. The number of ether oxygens (including phenoxy) is 2. The van der Waals surface area contributed by atoms with Crippen molar-refractivity contribution in [1.82, 2.24) is 9.88 Å². The van der Waals surface area contributed by atoms with Gasteiger partial charge in [0.1, 0.15) is 0 Å². The van der Waals surface area contributed by atoms with Crippen molar-refractivity contribution in [3.05, 3.63) is 88.3 Å². The van der Waals surface area contributed by atoms with Crippen molar-refractivity contribution >= 4 is 11.6 Å². The smallest absolute Gasteiger partial charge is 0.250 e. The van der Waals surface area contributed by atoms with Crippen LogP contribution in [0.2, 0.25) is 0 Å². The maximum atomic E-state index is 11.9. The van der Waals surface area contributed by atoms with Gasteiger partial charge in [0.05, 0.1) is 20.3 Å². The van der Waals surface area contributed by atoms with E-state index in [1.165, 1.54) is 0 Å². The summed E-state index contributed by atoms with van der Waals surface area (Å²) < 4.78 is 12.6. The molecule has 2 aromatic carbocycles. The molecule has 1 heterocycles. The fraction of sp³-hybridized carbons (Fsp3) is 0.250. The molecule has 7 nitrogen and oxygen atoms in total. The zero-order valence-electron chi connectivity index (χ0n) is 18.1. The number of nitrogens with one attached hydrogen (secondary N) is 2. The minimum Gasteiger partial charge on any atom is -0.493 e. The number of hydrogen-bond donors (Lipinski definition) is 2. The van der Waals surface area contributed by atoms with Crippen LogP contribution >= 0.6 is 0 Å². The molecule has 31 heavy (non-hydrogen) atoms. The van der Waals surface area contributed by atoms with E-state index >= 15 is 0 Å². The van der Waals surface area contributed by atoms with Crippen LogP contribution in [0.15, 0.2) is 76.6 Å². The molecule has 0 saturated heterocycles. The maximum absolute atomic E-state index is 11.9. The Morgan fingerprint density at radius 2 is 1.81 bits per heavy atom. The Bertz CT molecular complexity index is 1070. The second-order valence-corrected chi connectivity index (χ2v) is 6.83. The van der Waals surface area contributed by atoms with Gasteiger partial charge in [0.2, 0.25) is 0 Å². The molecule has 162 valence electrons. The van der Waals surface area contributed by atoms with Gasteiger partial charge < -0.3 is 24.7 Å². The van der Waals surface area contributed by atoms with Gasteiger partial charge in [-0.2, -0.15) is 0 Å². The first-order valence-electron chi connectivity index (χ1n) is 10.1. The molecule has 0 aliphatic heterocycles. The van der Waals surface area contributed by atoms with Crippen LogP contribution in [0.25, 0.3) is 0 Å². The molecule has 0 bridgehead atoms. The molecule has 1 aromatic heterocycles. The number of anilines is 1. The van der Waals surface area contributed by atoms with E-state index in [1.807, 2.05) is 55.5 Å². The highest BCUT2D eigenvalue weighted by atomic mass is 16.5. The predicted octanol–water partition coefficient (Wildman–Crippen LogP) is 3.49. The minimum absolute atomic E-state index is 0.00542. The molecule has 3 rings (SSSR count). The highest BCUT2D eigenvalue weighted by Crippen LogP contribution is 2.30. The summed E-state index contributed by atoms with van der Waals surface area (Å²) in [6.45, 7) is 3.65. The molecular formula is C24H28N4O3. The first-order valence-corrected chi connectivity index (χ1v) is 10.1. The number of guanidine groups is 1. The van der Waals surface area contributed by atoms with Gasteiger partial charge in [-0.25, -0.2) is 0 Å². The number of hydrogen-bond acceptors (Lipinski definition) is 4. The molecular weight excluding hydrogens is 392 g/mol. The number of aromatic nitrogens is 1. The first kappa shape index (κ1) is 22.0. The molecule has 0 unspecified atom stereocenters. The first-order chi connectivity index (χ1) is 15.1. The van der Waals surface area contributed by atoms with Gasteiger partial charge in [0, 0.05) is 37.6 Å². The largest absolute Gasteiger partial charge is 0.493 e. The summed E-state index contributed by atoms with van der Waals surface area (Å²) in [5.41, 5.74) is 3.02. The van der Waals surface area contributed by atoms with Crippen LogP contribution in [0, 0.1) is 0 Å². The van der Waals surface area contributed by atoms with Crippen LogP contribution in [-0.2, 0) is 13.1 Å². The van der Waals surface area contributed by atoms with Crippen LogP contribution in [0.1, 0.15) is 18.1 Å². The molecule has 0 saturated carbocycles. The van der Waals surface area contributed by atoms with Gasteiger partial charge in [-0.05, 0) is 36.2 Å². The maximum Gasteiger partial charge on any atom is 0.250 e. The molecule has 0 radical (unpaired) electrons. The standard InChI is InChI=1S/C24H28N4O3/c1-4-31-22-15-20(12-13-21(22)30-3)27-24(25-2)26-16-18-8-10-19(11-9-18)17-28-14-6-5-7-23(28)29/h5-15H,4,16-17H2,1-3H3,(H2,25,26,27). The van der Waals surface area contributed by atoms with Gasteiger partial charge in [-0.1, -0.05) is 30.3 Å². The van der Waals surface area contributed by atoms with Gasteiger partial charge in [-0.3, -0.25) is 9.79 Å². The Labute approximate surface area is 182 Å². The van der Waals surface area contributed by atoms with E-state index in [9.17, 15) is 4.79 Å². The van der Waals surface area contributed by atoms with Gasteiger partial charge in [-0.15, -0.1) is 0 Å². The SMILES string of the molecule is CCOc1cc(NC(=NC)NCc2ccc(Cn3ccccc3=O)cc2)ccc1OC. The number of aliphatic imine (C=N–C) groups is 1. The average molecular weight is 421 g/mol. The van der Waals surface area contributed by atoms with E-state index in [2.05, 4.69) is 15.6 Å². The van der Waals surface area contributed by atoms with Gasteiger partial charge >= 0.3 is 0 Å². The lowest BCUT2D eigenvalue weighted by atomic mass is 10.1. The van der Waals surface area contributed by atoms with E-state index in [0.29, 0.717) is 37.2 Å². The van der Waals surface area contributed by atoms with Crippen molar-refractivity contribution in [2.45, 2.75) is 20.0 Å². The van der Waals surface area contributed by atoms with E-state index in [4.69, 9.17) is 9.47 Å². The number of rotatable bonds is 8. The van der Waals surface area contributed by atoms with Crippen molar-refractivity contribution in [2.75, 3.05) is 26.1 Å². The summed E-state index contributed by atoms with van der Waals surface area (Å²) in [4.78, 5) is 16.1. The van der Waals surface area contributed by atoms with E-state index in [0.717, 1.165) is 16.8 Å². The normalized spacial score (nSPS) is 11.1. The summed E-state index contributed by atoms with van der Waals surface area (Å²) in [6.07, 6.45) is 1.80. The Balaban J connectivity index is 1.59. The highest BCUT2D eigenvalue weighted by Gasteiger charge is 2.07. The quantitative estimate of drug-likeness (QED) is 0.431. The molecule has 0 aliphatic rings. The van der Waals surface area contributed by atoms with E-state index < -0.39 is 0 Å².